The van der Waals surface area contributed by atoms with E-state index in [0.29, 0.717) is 5.75 Å². The molecular weight excluding hydrogens is 666 g/mol. The highest BCUT2D eigenvalue weighted by atomic mass is 79.9. The van der Waals surface area contributed by atoms with Crippen LogP contribution < -0.4 is 14.4 Å². The van der Waals surface area contributed by atoms with Crippen LogP contribution in [-0.4, -0.2) is 51.9 Å². The molecule has 0 unspecified atom stereocenters. The van der Waals surface area contributed by atoms with Crippen molar-refractivity contribution >= 4 is 55.1 Å². The van der Waals surface area contributed by atoms with Gasteiger partial charge in [-0.25, -0.2) is 8.42 Å². The van der Waals surface area contributed by atoms with Gasteiger partial charge in [-0.1, -0.05) is 87.7 Å². The van der Waals surface area contributed by atoms with Crippen molar-refractivity contribution in [3.05, 3.63) is 123 Å². The molecule has 4 aromatic carbocycles. The standard InChI is InChI=1S/C33H33BrClN3O5S/c1-23-12-15-28(16-13-23)44(41,42)38(27-14-17-31(43-3)29(35)20-27)22-32(39)37(21-25-10-7-11-26(34)18-25)30(33(40)36-2)19-24-8-5-4-6-9-24/h4-18,20,30H,19,21-22H2,1-3H3,(H,36,40)/t30-/m1/s1. The number of aryl methyl sites for hydroxylation is 1. The van der Waals surface area contributed by atoms with Crippen LogP contribution in [0.3, 0.4) is 0 Å². The maximum absolute atomic E-state index is 14.4. The molecule has 0 saturated heterocycles. The molecule has 0 saturated carbocycles. The Labute approximate surface area is 271 Å². The largest absolute Gasteiger partial charge is 0.495 e. The number of halogens is 2. The lowest BCUT2D eigenvalue weighted by Crippen LogP contribution is -2.53. The Morgan fingerprint density at radius 3 is 2.23 bits per heavy atom. The van der Waals surface area contributed by atoms with Crippen molar-refractivity contribution in [2.75, 3.05) is 25.0 Å². The van der Waals surface area contributed by atoms with Gasteiger partial charge in [-0.05, 0) is 60.5 Å². The first-order valence-electron chi connectivity index (χ1n) is 13.8. The molecule has 0 aliphatic heterocycles. The summed E-state index contributed by atoms with van der Waals surface area (Å²) in [7, 11) is -1.28. The van der Waals surface area contributed by atoms with E-state index in [0.717, 1.165) is 25.5 Å². The van der Waals surface area contributed by atoms with E-state index in [1.165, 1.54) is 43.3 Å². The van der Waals surface area contributed by atoms with Crippen molar-refractivity contribution in [1.29, 1.82) is 0 Å². The van der Waals surface area contributed by atoms with Crippen LogP contribution in [0.4, 0.5) is 5.69 Å². The summed E-state index contributed by atoms with van der Waals surface area (Å²) in [6.45, 7) is 1.33. The number of hydrogen-bond donors (Lipinski definition) is 1. The molecule has 0 radical (unpaired) electrons. The number of benzene rings is 4. The maximum Gasteiger partial charge on any atom is 0.264 e. The predicted octanol–water partition coefficient (Wildman–Crippen LogP) is 6.00. The fourth-order valence-corrected chi connectivity index (χ4v) is 6.83. The van der Waals surface area contributed by atoms with Gasteiger partial charge in [0.2, 0.25) is 11.8 Å². The van der Waals surface area contributed by atoms with Gasteiger partial charge in [0.15, 0.2) is 0 Å². The van der Waals surface area contributed by atoms with E-state index in [-0.39, 0.29) is 34.5 Å². The quantitative estimate of drug-likeness (QED) is 0.196. The molecular formula is C33H33BrClN3O5S. The fraction of sp³-hybridized carbons (Fsp3) is 0.212. The number of likely N-dealkylation sites (N-methyl/N-ethyl adjacent to an activating group) is 1. The van der Waals surface area contributed by atoms with Crippen molar-refractivity contribution in [3.8, 4) is 5.75 Å². The Kier molecular flexibility index (Phi) is 11.1. The number of carbonyl (C=O) groups is 2. The van der Waals surface area contributed by atoms with Gasteiger partial charge in [-0.3, -0.25) is 13.9 Å². The number of sulfonamides is 1. The average molecular weight is 699 g/mol. The third kappa shape index (κ3) is 7.99. The van der Waals surface area contributed by atoms with Crippen molar-refractivity contribution in [2.24, 2.45) is 0 Å². The monoisotopic (exact) mass is 697 g/mol. The molecule has 4 rings (SSSR count). The van der Waals surface area contributed by atoms with Crippen LogP contribution in [0.2, 0.25) is 5.02 Å². The van der Waals surface area contributed by atoms with Crippen LogP contribution in [0.5, 0.6) is 5.75 Å². The number of rotatable bonds is 12. The van der Waals surface area contributed by atoms with Crippen molar-refractivity contribution in [2.45, 2.75) is 30.8 Å². The topological polar surface area (TPSA) is 96.0 Å². The molecule has 0 fully saturated rings. The molecule has 0 heterocycles. The number of nitrogens with zero attached hydrogens (tertiary/aromatic N) is 2. The summed E-state index contributed by atoms with van der Waals surface area (Å²) in [5, 5.41) is 2.86. The molecule has 11 heteroatoms. The van der Waals surface area contributed by atoms with Gasteiger partial charge in [-0.2, -0.15) is 0 Å². The highest BCUT2D eigenvalue weighted by Crippen LogP contribution is 2.32. The van der Waals surface area contributed by atoms with Gasteiger partial charge in [-0.15, -0.1) is 0 Å². The second-order valence-corrected chi connectivity index (χ2v) is 13.3. The van der Waals surface area contributed by atoms with Crippen LogP contribution in [0.25, 0.3) is 0 Å². The first-order valence-corrected chi connectivity index (χ1v) is 16.4. The Morgan fingerprint density at radius 2 is 1.61 bits per heavy atom. The SMILES string of the molecule is CNC(=O)[C@@H](Cc1ccccc1)N(Cc1cccc(Br)c1)C(=O)CN(c1ccc(OC)c(Cl)c1)S(=O)(=O)c1ccc(C)cc1. The number of hydrogen-bond acceptors (Lipinski definition) is 5. The predicted molar refractivity (Wildman–Crippen MR) is 176 cm³/mol. The number of ether oxygens (including phenoxy) is 1. The molecule has 230 valence electrons. The fourth-order valence-electron chi connectivity index (χ4n) is 4.73. The average Bonchev–Trinajstić information content (AvgIpc) is 3.01. The molecule has 0 aliphatic carbocycles. The van der Waals surface area contributed by atoms with E-state index in [4.69, 9.17) is 16.3 Å². The molecule has 4 aromatic rings. The van der Waals surface area contributed by atoms with Gasteiger partial charge in [0.05, 0.1) is 22.7 Å². The Hall–Kier alpha value is -3.86. The second-order valence-electron chi connectivity index (χ2n) is 10.1. The minimum atomic E-state index is -4.25. The summed E-state index contributed by atoms with van der Waals surface area (Å²) in [6, 6.07) is 26.7. The third-order valence-corrected chi connectivity index (χ3v) is 9.65. The van der Waals surface area contributed by atoms with Gasteiger partial charge < -0.3 is 15.0 Å². The molecule has 0 aliphatic rings. The molecule has 1 N–H and O–H groups in total. The summed E-state index contributed by atoms with van der Waals surface area (Å²) < 4.78 is 35.3. The molecule has 0 aromatic heterocycles. The molecule has 2 amide bonds. The summed E-state index contributed by atoms with van der Waals surface area (Å²) in [5.74, 6) is -0.594. The number of amides is 2. The lowest BCUT2D eigenvalue weighted by Gasteiger charge is -2.33. The Bertz CT molecular complexity index is 1720. The molecule has 0 bridgehead atoms. The number of nitrogens with one attached hydrogen (secondary N) is 1. The normalized spacial score (nSPS) is 11.8. The minimum Gasteiger partial charge on any atom is -0.495 e. The third-order valence-electron chi connectivity index (χ3n) is 7.07. The maximum atomic E-state index is 14.4. The van der Waals surface area contributed by atoms with Crippen LogP contribution in [0, 0.1) is 6.92 Å². The van der Waals surface area contributed by atoms with Crippen LogP contribution >= 0.6 is 27.5 Å². The zero-order valence-electron chi connectivity index (χ0n) is 24.5. The molecule has 1 atom stereocenters. The van der Waals surface area contributed by atoms with E-state index >= 15 is 0 Å². The Balaban J connectivity index is 1.81. The summed E-state index contributed by atoms with van der Waals surface area (Å²) in [4.78, 5) is 29.2. The molecule has 8 nitrogen and oxygen atoms in total. The lowest BCUT2D eigenvalue weighted by atomic mass is 10.0. The highest BCUT2D eigenvalue weighted by molar-refractivity contribution is 9.10. The summed E-state index contributed by atoms with van der Waals surface area (Å²) in [5.41, 5.74) is 2.66. The van der Waals surface area contributed by atoms with E-state index in [9.17, 15) is 18.0 Å². The van der Waals surface area contributed by atoms with E-state index in [2.05, 4.69) is 21.2 Å². The lowest BCUT2D eigenvalue weighted by molar-refractivity contribution is -0.139. The van der Waals surface area contributed by atoms with Crippen LogP contribution in [0.1, 0.15) is 16.7 Å². The summed E-state index contributed by atoms with van der Waals surface area (Å²) in [6.07, 6.45) is 0.222. The number of anilines is 1. The summed E-state index contributed by atoms with van der Waals surface area (Å²) >= 11 is 9.89. The Morgan fingerprint density at radius 1 is 0.932 bits per heavy atom. The number of carbonyl (C=O) groups excluding carboxylic acids is 2. The zero-order valence-corrected chi connectivity index (χ0v) is 27.7. The van der Waals surface area contributed by atoms with Gasteiger partial charge >= 0.3 is 0 Å². The highest BCUT2D eigenvalue weighted by Gasteiger charge is 2.34. The van der Waals surface area contributed by atoms with Crippen molar-refractivity contribution in [3.63, 3.8) is 0 Å². The number of methoxy groups -OCH3 is 1. The van der Waals surface area contributed by atoms with Gasteiger partial charge in [0.1, 0.15) is 18.3 Å². The van der Waals surface area contributed by atoms with Gasteiger partial charge in [0, 0.05) is 24.5 Å². The van der Waals surface area contributed by atoms with Crippen LogP contribution in [-0.2, 0) is 32.6 Å². The first kappa shape index (κ1) is 33.0. The van der Waals surface area contributed by atoms with Crippen molar-refractivity contribution < 1.29 is 22.7 Å². The molecule has 0 spiro atoms. The van der Waals surface area contributed by atoms with E-state index in [1.807, 2.05) is 61.5 Å². The van der Waals surface area contributed by atoms with Crippen LogP contribution in [0.15, 0.2) is 106 Å². The van der Waals surface area contributed by atoms with Gasteiger partial charge in [0.25, 0.3) is 10.0 Å². The molecule has 44 heavy (non-hydrogen) atoms. The smallest absolute Gasteiger partial charge is 0.264 e. The van der Waals surface area contributed by atoms with E-state index < -0.39 is 28.5 Å². The second kappa shape index (κ2) is 14.7. The van der Waals surface area contributed by atoms with Crippen molar-refractivity contribution in [1.82, 2.24) is 10.2 Å². The zero-order chi connectivity index (χ0) is 31.9. The van der Waals surface area contributed by atoms with E-state index in [1.54, 1.807) is 18.2 Å². The first-order chi connectivity index (χ1) is 21.0. The minimum absolute atomic E-state index is 0.00789.